The number of pyridine rings is 1. The molecule has 5 nitrogen and oxygen atoms in total. The van der Waals surface area contributed by atoms with Crippen LogP contribution in [0.25, 0.3) is 10.6 Å². The standard InChI is InChI=1S/C19H17N3O2S/c20-18(23)16(11-13-5-2-1-3-6-13)22-19(24)14-8-9-15(21-12-14)17-7-4-10-25-17/h1-10,12,16H,11H2,(H2,20,23)(H,22,24)/t16-/m0/s1. The van der Waals surface area contributed by atoms with Gasteiger partial charge in [0.1, 0.15) is 6.04 Å². The number of thiophene rings is 1. The number of hydrogen-bond acceptors (Lipinski definition) is 4. The van der Waals surface area contributed by atoms with Crippen molar-refractivity contribution in [2.75, 3.05) is 0 Å². The van der Waals surface area contributed by atoms with E-state index in [1.54, 1.807) is 23.5 Å². The smallest absolute Gasteiger partial charge is 0.253 e. The molecule has 2 heterocycles. The second-order valence-corrected chi connectivity index (χ2v) is 6.48. The Morgan fingerprint density at radius 3 is 2.48 bits per heavy atom. The van der Waals surface area contributed by atoms with Crippen LogP contribution in [-0.2, 0) is 11.2 Å². The van der Waals surface area contributed by atoms with Gasteiger partial charge in [-0.05, 0) is 29.1 Å². The number of nitrogens with zero attached hydrogens (tertiary/aromatic N) is 1. The second-order valence-electron chi connectivity index (χ2n) is 5.53. The van der Waals surface area contributed by atoms with E-state index < -0.39 is 11.9 Å². The fraction of sp³-hybridized carbons (Fsp3) is 0.105. The Morgan fingerprint density at radius 2 is 1.88 bits per heavy atom. The normalized spacial score (nSPS) is 11.7. The summed E-state index contributed by atoms with van der Waals surface area (Å²) in [5, 5.41) is 4.66. The largest absolute Gasteiger partial charge is 0.368 e. The molecule has 2 aromatic heterocycles. The molecule has 25 heavy (non-hydrogen) atoms. The zero-order valence-electron chi connectivity index (χ0n) is 13.4. The fourth-order valence-electron chi connectivity index (χ4n) is 2.41. The van der Waals surface area contributed by atoms with Crippen molar-refractivity contribution in [1.29, 1.82) is 0 Å². The number of nitrogens with two attached hydrogens (primary N) is 1. The van der Waals surface area contributed by atoms with Gasteiger partial charge in [-0.1, -0.05) is 36.4 Å². The summed E-state index contributed by atoms with van der Waals surface area (Å²) in [5.74, 6) is -0.940. The third-order valence-corrected chi connectivity index (χ3v) is 4.62. The van der Waals surface area contributed by atoms with Crippen LogP contribution in [0, 0.1) is 0 Å². The summed E-state index contributed by atoms with van der Waals surface area (Å²) >= 11 is 1.58. The van der Waals surface area contributed by atoms with E-state index in [9.17, 15) is 9.59 Å². The summed E-state index contributed by atoms with van der Waals surface area (Å²) < 4.78 is 0. The van der Waals surface area contributed by atoms with Crippen molar-refractivity contribution in [3.8, 4) is 10.6 Å². The lowest BCUT2D eigenvalue weighted by Crippen LogP contribution is -2.45. The molecule has 126 valence electrons. The molecule has 0 aliphatic heterocycles. The minimum atomic E-state index is -0.771. The van der Waals surface area contributed by atoms with Crippen LogP contribution in [0.4, 0.5) is 0 Å². The zero-order chi connectivity index (χ0) is 17.6. The second kappa shape index (κ2) is 7.72. The van der Waals surface area contributed by atoms with Crippen molar-refractivity contribution >= 4 is 23.2 Å². The first-order chi connectivity index (χ1) is 12.1. The molecule has 3 N–H and O–H groups in total. The summed E-state index contributed by atoms with van der Waals surface area (Å²) in [6, 6.07) is 16.0. The number of carbonyl (C=O) groups is 2. The Kier molecular flexibility index (Phi) is 5.20. The highest BCUT2D eigenvalue weighted by atomic mass is 32.1. The van der Waals surface area contributed by atoms with Gasteiger partial charge in [-0.2, -0.15) is 0 Å². The summed E-state index contributed by atoms with van der Waals surface area (Å²) in [5.41, 5.74) is 7.56. The van der Waals surface area contributed by atoms with Crippen LogP contribution in [0.3, 0.4) is 0 Å². The minimum absolute atomic E-state index is 0.350. The number of amides is 2. The quantitative estimate of drug-likeness (QED) is 0.716. The van der Waals surface area contributed by atoms with Gasteiger partial charge < -0.3 is 11.1 Å². The number of benzene rings is 1. The monoisotopic (exact) mass is 351 g/mol. The zero-order valence-corrected chi connectivity index (χ0v) is 14.2. The summed E-state index contributed by atoms with van der Waals surface area (Å²) in [6.07, 6.45) is 1.85. The molecule has 0 saturated carbocycles. The molecule has 0 radical (unpaired) electrons. The molecular formula is C19H17N3O2S. The number of primary amides is 1. The highest BCUT2D eigenvalue weighted by Gasteiger charge is 2.19. The van der Waals surface area contributed by atoms with Crippen molar-refractivity contribution in [3.05, 3.63) is 77.3 Å². The Hall–Kier alpha value is -2.99. The first kappa shape index (κ1) is 16.9. The molecule has 0 fully saturated rings. The number of carbonyl (C=O) groups excluding carboxylic acids is 2. The summed E-state index contributed by atoms with van der Waals surface area (Å²) in [7, 11) is 0. The maximum absolute atomic E-state index is 12.4. The first-order valence-corrected chi connectivity index (χ1v) is 8.65. The Morgan fingerprint density at radius 1 is 1.08 bits per heavy atom. The number of rotatable bonds is 6. The number of hydrogen-bond donors (Lipinski definition) is 2. The minimum Gasteiger partial charge on any atom is -0.368 e. The molecule has 0 saturated heterocycles. The van der Waals surface area contributed by atoms with E-state index in [-0.39, 0.29) is 5.91 Å². The van der Waals surface area contributed by atoms with Crippen molar-refractivity contribution in [1.82, 2.24) is 10.3 Å². The van der Waals surface area contributed by atoms with E-state index in [0.717, 1.165) is 16.1 Å². The van der Waals surface area contributed by atoms with Crippen LogP contribution < -0.4 is 11.1 Å². The Labute approximate surface area is 149 Å². The average molecular weight is 351 g/mol. The Balaban J connectivity index is 1.70. The topological polar surface area (TPSA) is 85.1 Å². The Bertz CT molecular complexity index is 846. The first-order valence-electron chi connectivity index (χ1n) is 7.77. The number of aromatic nitrogens is 1. The van der Waals surface area contributed by atoms with Gasteiger partial charge in [0.25, 0.3) is 5.91 Å². The van der Waals surface area contributed by atoms with Crippen LogP contribution in [0.15, 0.2) is 66.2 Å². The molecule has 0 aliphatic carbocycles. The maximum atomic E-state index is 12.4. The van der Waals surface area contributed by atoms with E-state index in [0.29, 0.717) is 12.0 Å². The average Bonchev–Trinajstić information content (AvgIpc) is 3.16. The van der Waals surface area contributed by atoms with Gasteiger partial charge >= 0.3 is 0 Å². The molecular weight excluding hydrogens is 334 g/mol. The van der Waals surface area contributed by atoms with E-state index in [2.05, 4.69) is 10.3 Å². The van der Waals surface area contributed by atoms with Gasteiger partial charge in [0.2, 0.25) is 5.91 Å². The molecule has 3 rings (SSSR count). The van der Waals surface area contributed by atoms with Gasteiger partial charge in [0.15, 0.2) is 0 Å². The van der Waals surface area contributed by atoms with Gasteiger partial charge in [-0.15, -0.1) is 11.3 Å². The molecule has 6 heteroatoms. The molecule has 1 aromatic carbocycles. The van der Waals surface area contributed by atoms with Gasteiger partial charge in [0, 0.05) is 12.6 Å². The lowest BCUT2D eigenvalue weighted by atomic mass is 10.1. The molecule has 0 unspecified atom stereocenters. The highest BCUT2D eigenvalue weighted by Crippen LogP contribution is 2.22. The van der Waals surface area contributed by atoms with Crippen LogP contribution in [0.2, 0.25) is 0 Å². The summed E-state index contributed by atoms with van der Waals surface area (Å²) in [6.45, 7) is 0. The van der Waals surface area contributed by atoms with Gasteiger partial charge in [-0.3, -0.25) is 14.6 Å². The lowest BCUT2D eigenvalue weighted by molar-refractivity contribution is -0.119. The molecule has 0 aliphatic rings. The van der Waals surface area contributed by atoms with Crippen molar-refractivity contribution in [2.45, 2.75) is 12.5 Å². The van der Waals surface area contributed by atoms with E-state index >= 15 is 0 Å². The van der Waals surface area contributed by atoms with Crippen LogP contribution in [0.1, 0.15) is 15.9 Å². The predicted octanol–water partition coefficient (Wildman–Crippen LogP) is 2.64. The van der Waals surface area contributed by atoms with Crippen molar-refractivity contribution in [3.63, 3.8) is 0 Å². The predicted molar refractivity (Wildman–Crippen MR) is 98.1 cm³/mol. The van der Waals surface area contributed by atoms with Gasteiger partial charge in [-0.25, -0.2) is 0 Å². The van der Waals surface area contributed by atoms with Crippen molar-refractivity contribution < 1.29 is 9.59 Å². The fourth-order valence-corrected chi connectivity index (χ4v) is 3.11. The van der Waals surface area contributed by atoms with Crippen LogP contribution in [0.5, 0.6) is 0 Å². The van der Waals surface area contributed by atoms with E-state index in [1.807, 2.05) is 47.8 Å². The molecule has 1 atom stereocenters. The van der Waals surface area contributed by atoms with Crippen LogP contribution in [-0.4, -0.2) is 22.8 Å². The van der Waals surface area contributed by atoms with Crippen LogP contribution >= 0.6 is 11.3 Å². The molecule has 2 amide bonds. The SMILES string of the molecule is NC(=O)[C@H](Cc1ccccc1)NC(=O)c1ccc(-c2cccs2)nc1. The lowest BCUT2D eigenvalue weighted by Gasteiger charge is -2.15. The molecule has 0 spiro atoms. The molecule has 3 aromatic rings. The van der Waals surface area contributed by atoms with Crippen molar-refractivity contribution in [2.24, 2.45) is 5.73 Å². The highest BCUT2D eigenvalue weighted by molar-refractivity contribution is 7.13. The maximum Gasteiger partial charge on any atom is 0.253 e. The third kappa shape index (κ3) is 4.30. The van der Waals surface area contributed by atoms with Gasteiger partial charge in [0.05, 0.1) is 16.1 Å². The summed E-state index contributed by atoms with van der Waals surface area (Å²) in [4.78, 5) is 29.4. The third-order valence-electron chi connectivity index (χ3n) is 3.73. The van der Waals surface area contributed by atoms with E-state index in [4.69, 9.17) is 5.73 Å². The molecule has 0 bridgehead atoms. The number of nitrogens with one attached hydrogen (secondary N) is 1. The van der Waals surface area contributed by atoms with E-state index in [1.165, 1.54) is 6.20 Å².